The van der Waals surface area contributed by atoms with Crippen LogP contribution in [0.5, 0.6) is 0 Å². The Labute approximate surface area is 80.9 Å². The molecule has 0 radical (unpaired) electrons. The Morgan fingerprint density at radius 3 is 2.77 bits per heavy atom. The Bertz CT molecular complexity index is 142. The molecular formula is C10H22N2O. The second kappa shape index (κ2) is 4.94. The van der Waals surface area contributed by atoms with E-state index >= 15 is 0 Å². The van der Waals surface area contributed by atoms with Gasteiger partial charge in [-0.3, -0.25) is 4.90 Å². The minimum atomic E-state index is -0.183. The molecule has 0 aromatic heterocycles. The van der Waals surface area contributed by atoms with E-state index in [-0.39, 0.29) is 6.10 Å². The van der Waals surface area contributed by atoms with Crippen molar-refractivity contribution in [2.75, 3.05) is 19.6 Å². The van der Waals surface area contributed by atoms with E-state index in [9.17, 15) is 5.11 Å². The molecule has 0 spiro atoms. The molecule has 1 aliphatic rings. The van der Waals surface area contributed by atoms with Gasteiger partial charge in [-0.15, -0.1) is 0 Å². The van der Waals surface area contributed by atoms with Gasteiger partial charge in [0.05, 0.1) is 6.10 Å². The van der Waals surface area contributed by atoms with Crippen molar-refractivity contribution in [2.45, 2.75) is 38.8 Å². The predicted octanol–water partition coefficient (Wildman–Crippen LogP) is 0.426. The summed E-state index contributed by atoms with van der Waals surface area (Å²) >= 11 is 0. The lowest BCUT2D eigenvalue weighted by molar-refractivity contribution is 0.0789. The lowest BCUT2D eigenvalue weighted by atomic mass is 9.96. The first-order chi connectivity index (χ1) is 6.11. The van der Waals surface area contributed by atoms with Crippen molar-refractivity contribution in [2.24, 2.45) is 11.7 Å². The summed E-state index contributed by atoms with van der Waals surface area (Å²) in [6.45, 7) is 7.06. The van der Waals surface area contributed by atoms with Gasteiger partial charge in [0.2, 0.25) is 0 Å². The minimum absolute atomic E-state index is 0.183. The SMILES string of the molecule is CC[C@H](O)CN1CC(C)CC(N)C1. The Kier molecular flexibility index (Phi) is 4.16. The maximum Gasteiger partial charge on any atom is 0.0664 e. The van der Waals surface area contributed by atoms with Crippen LogP contribution in [0, 0.1) is 5.92 Å². The van der Waals surface area contributed by atoms with Gasteiger partial charge >= 0.3 is 0 Å². The summed E-state index contributed by atoms with van der Waals surface area (Å²) in [5.41, 5.74) is 5.91. The molecule has 0 amide bonds. The molecule has 1 heterocycles. The smallest absolute Gasteiger partial charge is 0.0664 e. The molecule has 1 rings (SSSR count). The summed E-state index contributed by atoms with van der Waals surface area (Å²) in [5.74, 6) is 0.674. The quantitative estimate of drug-likeness (QED) is 0.672. The van der Waals surface area contributed by atoms with E-state index in [2.05, 4.69) is 11.8 Å². The summed E-state index contributed by atoms with van der Waals surface area (Å²) < 4.78 is 0. The molecule has 1 aliphatic heterocycles. The van der Waals surface area contributed by atoms with Crippen LogP contribution >= 0.6 is 0 Å². The predicted molar refractivity (Wildman–Crippen MR) is 54.5 cm³/mol. The first-order valence-corrected chi connectivity index (χ1v) is 5.27. The number of rotatable bonds is 3. The normalized spacial score (nSPS) is 33.2. The molecule has 0 saturated carbocycles. The van der Waals surface area contributed by atoms with E-state index in [1.165, 1.54) is 0 Å². The summed E-state index contributed by atoms with van der Waals surface area (Å²) in [6, 6.07) is 0.299. The van der Waals surface area contributed by atoms with E-state index in [1.807, 2.05) is 6.92 Å². The van der Waals surface area contributed by atoms with E-state index in [0.717, 1.165) is 32.5 Å². The molecule has 0 bridgehead atoms. The third-order valence-corrected chi connectivity index (χ3v) is 2.71. The number of hydrogen-bond donors (Lipinski definition) is 2. The van der Waals surface area contributed by atoms with Crippen LogP contribution < -0.4 is 5.73 Å². The number of β-amino-alcohol motifs (C(OH)–C–C–N with tert-alkyl or cyclic N) is 1. The molecule has 3 heteroatoms. The summed E-state index contributed by atoms with van der Waals surface area (Å²) in [7, 11) is 0. The van der Waals surface area contributed by atoms with Gasteiger partial charge in [0.25, 0.3) is 0 Å². The molecule has 3 N–H and O–H groups in total. The van der Waals surface area contributed by atoms with E-state index < -0.39 is 0 Å². The number of piperidine rings is 1. The van der Waals surface area contributed by atoms with E-state index in [1.54, 1.807) is 0 Å². The molecule has 1 fully saturated rings. The van der Waals surface area contributed by atoms with Crippen LogP contribution in [-0.2, 0) is 0 Å². The van der Waals surface area contributed by atoms with E-state index in [0.29, 0.717) is 12.0 Å². The first-order valence-electron chi connectivity index (χ1n) is 5.27. The lowest BCUT2D eigenvalue weighted by Gasteiger charge is -2.35. The third-order valence-electron chi connectivity index (χ3n) is 2.71. The number of likely N-dealkylation sites (tertiary alicyclic amines) is 1. The van der Waals surface area contributed by atoms with Crippen LogP contribution in [0.3, 0.4) is 0 Å². The van der Waals surface area contributed by atoms with Gasteiger partial charge in [0, 0.05) is 25.7 Å². The number of aliphatic hydroxyl groups is 1. The van der Waals surface area contributed by atoms with Crippen LogP contribution in [0.15, 0.2) is 0 Å². The maximum atomic E-state index is 9.50. The van der Waals surface area contributed by atoms with Gasteiger partial charge < -0.3 is 10.8 Å². The molecule has 3 nitrogen and oxygen atoms in total. The van der Waals surface area contributed by atoms with Crippen molar-refractivity contribution in [3.8, 4) is 0 Å². The summed E-state index contributed by atoms with van der Waals surface area (Å²) in [5, 5.41) is 9.50. The van der Waals surface area contributed by atoms with E-state index in [4.69, 9.17) is 5.73 Å². The Morgan fingerprint density at radius 1 is 1.54 bits per heavy atom. The second-order valence-electron chi connectivity index (χ2n) is 4.38. The van der Waals surface area contributed by atoms with Crippen molar-refractivity contribution < 1.29 is 5.11 Å². The van der Waals surface area contributed by atoms with Crippen LogP contribution in [-0.4, -0.2) is 41.8 Å². The van der Waals surface area contributed by atoms with Gasteiger partial charge in [0.1, 0.15) is 0 Å². The number of aliphatic hydroxyl groups excluding tert-OH is 1. The zero-order valence-electron chi connectivity index (χ0n) is 8.74. The molecule has 0 aromatic rings. The average molecular weight is 186 g/mol. The Hall–Kier alpha value is -0.120. The van der Waals surface area contributed by atoms with Gasteiger partial charge in [-0.05, 0) is 18.8 Å². The van der Waals surface area contributed by atoms with Crippen molar-refractivity contribution in [1.29, 1.82) is 0 Å². The zero-order valence-corrected chi connectivity index (χ0v) is 8.74. The van der Waals surface area contributed by atoms with Crippen molar-refractivity contribution in [1.82, 2.24) is 4.90 Å². The minimum Gasteiger partial charge on any atom is -0.392 e. The topological polar surface area (TPSA) is 49.5 Å². The molecular weight excluding hydrogens is 164 g/mol. The van der Waals surface area contributed by atoms with Crippen molar-refractivity contribution in [3.63, 3.8) is 0 Å². The average Bonchev–Trinajstić information content (AvgIpc) is 2.02. The molecule has 0 aromatic carbocycles. The first kappa shape index (κ1) is 11.0. The Balaban J connectivity index is 2.32. The molecule has 13 heavy (non-hydrogen) atoms. The largest absolute Gasteiger partial charge is 0.392 e. The summed E-state index contributed by atoms with van der Waals surface area (Å²) in [4.78, 5) is 2.28. The third kappa shape index (κ3) is 3.63. The Morgan fingerprint density at radius 2 is 2.23 bits per heavy atom. The van der Waals surface area contributed by atoms with Gasteiger partial charge in [-0.1, -0.05) is 13.8 Å². The van der Waals surface area contributed by atoms with Gasteiger partial charge in [-0.25, -0.2) is 0 Å². The molecule has 1 saturated heterocycles. The zero-order chi connectivity index (χ0) is 9.84. The van der Waals surface area contributed by atoms with Gasteiger partial charge in [0.15, 0.2) is 0 Å². The van der Waals surface area contributed by atoms with Crippen molar-refractivity contribution >= 4 is 0 Å². The molecule has 78 valence electrons. The molecule has 2 unspecified atom stereocenters. The molecule has 3 atom stereocenters. The fraction of sp³-hybridized carbons (Fsp3) is 1.00. The fourth-order valence-corrected chi connectivity index (χ4v) is 2.09. The maximum absolute atomic E-state index is 9.50. The summed E-state index contributed by atoms with van der Waals surface area (Å²) in [6.07, 6.45) is 1.77. The lowest BCUT2D eigenvalue weighted by Crippen LogP contribution is -2.48. The van der Waals surface area contributed by atoms with Crippen LogP contribution in [0.2, 0.25) is 0 Å². The number of hydrogen-bond acceptors (Lipinski definition) is 3. The van der Waals surface area contributed by atoms with Gasteiger partial charge in [-0.2, -0.15) is 0 Å². The van der Waals surface area contributed by atoms with Crippen LogP contribution in [0.4, 0.5) is 0 Å². The van der Waals surface area contributed by atoms with Crippen LogP contribution in [0.1, 0.15) is 26.7 Å². The van der Waals surface area contributed by atoms with Crippen molar-refractivity contribution in [3.05, 3.63) is 0 Å². The number of nitrogens with two attached hydrogens (primary N) is 1. The highest BCUT2D eigenvalue weighted by molar-refractivity contribution is 4.80. The highest BCUT2D eigenvalue weighted by atomic mass is 16.3. The molecule has 0 aliphatic carbocycles. The number of nitrogens with zero attached hydrogens (tertiary/aromatic N) is 1. The standard InChI is InChI=1S/C10H22N2O/c1-3-10(13)7-12-5-8(2)4-9(11)6-12/h8-10,13H,3-7,11H2,1-2H3/t8?,9?,10-/m0/s1. The second-order valence-corrected chi connectivity index (χ2v) is 4.38. The highest BCUT2D eigenvalue weighted by Crippen LogP contribution is 2.15. The van der Waals surface area contributed by atoms with Crippen LogP contribution in [0.25, 0.3) is 0 Å². The monoisotopic (exact) mass is 186 g/mol. The highest BCUT2D eigenvalue weighted by Gasteiger charge is 2.22. The fourth-order valence-electron chi connectivity index (χ4n) is 2.09.